The van der Waals surface area contributed by atoms with Crippen molar-refractivity contribution in [3.05, 3.63) is 35.4 Å². The number of hydrogen-bond donors (Lipinski definition) is 1. The first-order valence-electron chi connectivity index (χ1n) is 7.60. The number of halogens is 1. The summed E-state index contributed by atoms with van der Waals surface area (Å²) in [6.45, 7) is 9.15. The molecule has 1 aromatic carbocycles. The standard InChI is InChI=1S/C18H27NO.ClH/c1-13-7-6-10-18(3,4)17(13)11-14(2)20-16-9-5-8-15(19)12-16;/h5,8-9,12,14H,6-7,10-11,19H2,1-4H3;1H. The van der Waals surface area contributed by atoms with Crippen LogP contribution in [-0.4, -0.2) is 6.10 Å². The van der Waals surface area contributed by atoms with E-state index >= 15 is 0 Å². The van der Waals surface area contributed by atoms with Crippen LogP contribution in [-0.2, 0) is 0 Å². The fourth-order valence-corrected chi connectivity index (χ4v) is 3.27. The molecule has 1 unspecified atom stereocenters. The number of nitrogens with two attached hydrogens (primary N) is 1. The highest BCUT2D eigenvalue weighted by Gasteiger charge is 2.29. The molecule has 0 amide bonds. The Labute approximate surface area is 135 Å². The third kappa shape index (κ3) is 4.67. The Balaban J connectivity index is 0.00000220. The quantitative estimate of drug-likeness (QED) is 0.599. The number of rotatable bonds is 4. The van der Waals surface area contributed by atoms with E-state index in [1.54, 1.807) is 11.1 Å². The minimum Gasteiger partial charge on any atom is -0.490 e. The van der Waals surface area contributed by atoms with Crippen LogP contribution in [0.4, 0.5) is 5.69 Å². The topological polar surface area (TPSA) is 35.2 Å². The van der Waals surface area contributed by atoms with E-state index in [4.69, 9.17) is 10.5 Å². The second-order valence-corrected chi connectivity index (χ2v) is 6.70. The Bertz CT molecular complexity index is 508. The lowest BCUT2D eigenvalue weighted by Crippen LogP contribution is -2.25. The van der Waals surface area contributed by atoms with E-state index < -0.39 is 0 Å². The summed E-state index contributed by atoms with van der Waals surface area (Å²) in [6, 6.07) is 7.69. The van der Waals surface area contributed by atoms with Crippen LogP contribution < -0.4 is 10.5 Å². The first kappa shape index (κ1) is 17.9. The van der Waals surface area contributed by atoms with Gasteiger partial charge in [0.1, 0.15) is 5.75 Å². The molecule has 0 saturated heterocycles. The molecular weight excluding hydrogens is 282 g/mol. The summed E-state index contributed by atoms with van der Waals surface area (Å²) in [5.74, 6) is 0.865. The van der Waals surface area contributed by atoms with E-state index in [0.29, 0.717) is 5.41 Å². The van der Waals surface area contributed by atoms with Gasteiger partial charge in [-0.2, -0.15) is 0 Å². The van der Waals surface area contributed by atoms with Crippen molar-refractivity contribution in [1.82, 2.24) is 0 Å². The van der Waals surface area contributed by atoms with Gasteiger partial charge in [-0.1, -0.05) is 31.1 Å². The minimum atomic E-state index is 0. The molecule has 0 bridgehead atoms. The zero-order chi connectivity index (χ0) is 14.8. The van der Waals surface area contributed by atoms with Crippen molar-refractivity contribution in [2.45, 2.75) is 59.5 Å². The third-order valence-corrected chi connectivity index (χ3v) is 4.37. The molecule has 0 aliphatic heterocycles. The van der Waals surface area contributed by atoms with Crippen LogP contribution in [0.5, 0.6) is 5.75 Å². The SMILES string of the molecule is CC1=C(CC(C)Oc2cccc(N)c2)C(C)(C)CCC1.Cl. The molecule has 3 heteroatoms. The molecular formula is C18H28ClNO. The van der Waals surface area contributed by atoms with E-state index in [1.807, 2.05) is 24.3 Å². The fourth-order valence-electron chi connectivity index (χ4n) is 3.27. The molecule has 0 aromatic heterocycles. The van der Waals surface area contributed by atoms with Crippen LogP contribution >= 0.6 is 12.4 Å². The van der Waals surface area contributed by atoms with Crippen LogP contribution in [0.15, 0.2) is 35.4 Å². The molecule has 118 valence electrons. The van der Waals surface area contributed by atoms with Gasteiger partial charge in [0.25, 0.3) is 0 Å². The molecule has 2 nitrogen and oxygen atoms in total. The maximum Gasteiger partial charge on any atom is 0.121 e. The van der Waals surface area contributed by atoms with Gasteiger partial charge in [-0.3, -0.25) is 0 Å². The Morgan fingerprint density at radius 2 is 2.05 bits per heavy atom. The molecule has 0 heterocycles. The summed E-state index contributed by atoms with van der Waals surface area (Å²) in [5.41, 5.74) is 10.0. The van der Waals surface area contributed by atoms with E-state index in [-0.39, 0.29) is 18.5 Å². The number of allylic oxidation sites excluding steroid dienone is 1. The Hall–Kier alpha value is -1.15. The molecule has 1 aliphatic carbocycles. The van der Waals surface area contributed by atoms with Crippen LogP contribution in [0.2, 0.25) is 0 Å². The first-order chi connectivity index (χ1) is 9.38. The Kier molecular flexibility index (Phi) is 6.15. The lowest BCUT2D eigenvalue weighted by molar-refractivity contribution is 0.206. The van der Waals surface area contributed by atoms with E-state index in [0.717, 1.165) is 17.9 Å². The molecule has 0 spiro atoms. The van der Waals surface area contributed by atoms with Crippen molar-refractivity contribution in [1.29, 1.82) is 0 Å². The van der Waals surface area contributed by atoms with Gasteiger partial charge in [0.05, 0.1) is 6.10 Å². The van der Waals surface area contributed by atoms with Gasteiger partial charge < -0.3 is 10.5 Å². The number of ether oxygens (including phenoxy) is 1. The van der Waals surface area contributed by atoms with Gasteiger partial charge in [-0.05, 0) is 50.7 Å². The van der Waals surface area contributed by atoms with Crippen LogP contribution in [0, 0.1) is 5.41 Å². The fraction of sp³-hybridized carbons (Fsp3) is 0.556. The molecule has 0 fully saturated rings. The van der Waals surface area contributed by atoms with Crippen LogP contribution in [0.1, 0.15) is 53.4 Å². The maximum absolute atomic E-state index is 6.03. The predicted octanol–water partition coefficient (Wildman–Crippen LogP) is 5.37. The molecule has 2 N–H and O–H groups in total. The van der Waals surface area contributed by atoms with Gasteiger partial charge in [0.15, 0.2) is 0 Å². The van der Waals surface area contributed by atoms with Crippen molar-refractivity contribution in [2.24, 2.45) is 5.41 Å². The van der Waals surface area contributed by atoms with Crippen molar-refractivity contribution >= 4 is 18.1 Å². The van der Waals surface area contributed by atoms with E-state index in [9.17, 15) is 0 Å². The molecule has 0 radical (unpaired) electrons. The molecule has 1 atom stereocenters. The number of hydrogen-bond acceptors (Lipinski definition) is 2. The lowest BCUT2D eigenvalue weighted by Gasteiger charge is -2.36. The smallest absolute Gasteiger partial charge is 0.121 e. The summed E-state index contributed by atoms with van der Waals surface area (Å²) < 4.78 is 6.03. The van der Waals surface area contributed by atoms with Crippen molar-refractivity contribution in [3.63, 3.8) is 0 Å². The summed E-state index contributed by atoms with van der Waals surface area (Å²) in [4.78, 5) is 0. The van der Waals surface area contributed by atoms with E-state index in [1.165, 1.54) is 19.3 Å². The summed E-state index contributed by atoms with van der Waals surface area (Å²) >= 11 is 0. The molecule has 2 rings (SSSR count). The number of anilines is 1. The second-order valence-electron chi connectivity index (χ2n) is 6.70. The number of nitrogen functional groups attached to an aromatic ring is 1. The summed E-state index contributed by atoms with van der Waals surface area (Å²) in [7, 11) is 0. The highest BCUT2D eigenvalue weighted by atomic mass is 35.5. The lowest BCUT2D eigenvalue weighted by atomic mass is 9.71. The van der Waals surface area contributed by atoms with Crippen molar-refractivity contribution in [3.8, 4) is 5.75 Å². The van der Waals surface area contributed by atoms with Gasteiger partial charge in [-0.25, -0.2) is 0 Å². The summed E-state index contributed by atoms with van der Waals surface area (Å²) in [6.07, 6.45) is 5.02. The van der Waals surface area contributed by atoms with Crippen molar-refractivity contribution in [2.75, 3.05) is 5.73 Å². The highest BCUT2D eigenvalue weighted by Crippen LogP contribution is 2.42. The monoisotopic (exact) mass is 309 g/mol. The normalized spacial score (nSPS) is 18.9. The molecule has 1 aromatic rings. The Morgan fingerprint density at radius 1 is 1.33 bits per heavy atom. The van der Waals surface area contributed by atoms with Gasteiger partial charge in [0.2, 0.25) is 0 Å². The Morgan fingerprint density at radius 3 is 2.67 bits per heavy atom. The molecule has 0 saturated carbocycles. The summed E-state index contributed by atoms with van der Waals surface area (Å²) in [5, 5.41) is 0. The van der Waals surface area contributed by atoms with Gasteiger partial charge >= 0.3 is 0 Å². The average molecular weight is 310 g/mol. The average Bonchev–Trinajstić information content (AvgIpc) is 2.34. The first-order valence-corrected chi connectivity index (χ1v) is 7.60. The molecule has 1 aliphatic rings. The van der Waals surface area contributed by atoms with Crippen LogP contribution in [0.25, 0.3) is 0 Å². The minimum absolute atomic E-state index is 0. The van der Waals surface area contributed by atoms with Crippen LogP contribution in [0.3, 0.4) is 0 Å². The zero-order valence-electron chi connectivity index (χ0n) is 13.6. The predicted molar refractivity (Wildman–Crippen MR) is 93.1 cm³/mol. The van der Waals surface area contributed by atoms with Gasteiger partial charge in [0, 0.05) is 18.2 Å². The number of benzene rings is 1. The van der Waals surface area contributed by atoms with Gasteiger partial charge in [-0.15, -0.1) is 12.4 Å². The van der Waals surface area contributed by atoms with Crippen molar-refractivity contribution < 1.29 is 4.74 Å². The third-order valence-electron chi connectivity index (χ3n) is 4.37. The van der Waals surface area contributed by atoms with E-state index in [2.05, 4.69) is 27.7 Å². The largest absolute Gasteiger partial charge is 0.490 e. The molecule has 21 heavy (non-hydrogen) atoms. The maximum atomic E-state index is 6.03. The highest BCUT2D eigenvalue weighted by molar-refractivity contribution is 5.85. The zero-order valence-corrected chi connectivity index (χ0v) is 14.4. The second kappa shape index (κ2) is 7.22.